The summed E-state index contributed by atoms with van der Waals surface area (Å²) in [5.74, 6) is -0.219. The van der Waals surface area contributed by atoms with E-state index in [0.29, 0.717) is 10.7 Å². The maximum Gasteiger partial charge on any atom is 0.174 e. The smallest absolute Gasteiger partial charge is 0.174 e. The SMILES string of the molecule is Cc1cc(N2C(=S)N[C@H](c3ccccn3)[C@@H]2c2ccn(C(C)(C)C)c2)ccc1F. The second-order valence-corrected chi connectivity index (χ2v) is 8.84. The van der Waals surface area contributed by atoms with Crippen molar-refractivity contribution in [3.63, 3.8) is 0 Å². The number of thiocarbonyl (C=S) groups is 1. The topological polar surface area (TPSA) is 33.1 Å². The molecule has 150 valence electrons. The molecule has 3 heterocycles. The highest BCUT2D eigenvalue weighted by Crippen LogP contribution is 2.42. The van der Waals surface area contributed by atoms with Crippen LogP contribution in [-0.4, -0.2) is 14.7 Å². The Morgan fingerprint density at radius 2 is 1.93 bits per heavy atom. The van der Waals surface area contributed by atoms with E-state index in [-0.39, 0.29) is 23.4 Å². The summed E-state index contributed by atoms with van der Waals surface area (Å²) < 4.78 is 16.1. The molecule has 0 unspecified atom stereocenters. The van der Waals surface area contributed by atoms with Crippen LogP contribution >= 0.6 is 12.2 Å². The van der Waals surface area contributed by atoms with Crippen LogP contribution in [0.4, 0.5) is 10.1 Å². The highest BCUT2D eigenvalue weighted by Gasteiger charge is 2.41. The Morgan fingerprint density at radius 3 is 2.55 bits per heavy atom. The van der Waals surface area contributed by atoms with Crippen LogP contribution in [-0.2, 0) is 5.54 Å². The lowest BCUT2D eigenvalue weighted by molar-refractivity contribution is 0.397. The number of aromatic nitrogens is 2. The minimum absolute atomic E-state index is 0.0252. The molecular formula is C23H25FN4S. The first-order valence-corrected chi connectivity index (χ1v) is 10.1. The fourth-order valence-corrected chi connectivity index (χ4v) is 4.10. The van der Waals surface area contributed by atoms with Crippen molar-refractivity contribution in [1.82, 2.24) is 14.9 Å². The van der Waals surface area contributed by atoms with E-state index in [4.69, 9.17) is 12.2 Å². The van der Waals surface area contributed by atoms with Crippen LogP contribution in [0.5, 0.6) is 0 Å². The van der Waals surface area contributed by atoms with Gasteiger partial charge in [0.15, 0.2) is 5.11 Å². The zero-order valence-electron chi connectivity index (χ0n) is 17.1. The van der Waals surface area contributed by atoms with Crippen LogP contribution in [0.3, 0.4) is 0 Å². The standard InChI is InChI=1S/C23H25FN4S/c1-15-13-17(8-9-18(15)24)28-21(16-10-12-27(14-16)23(2,3)4)20(26-22(28)29)19-7-5-6-11-25-19/h5-14,20-21H,1-4H3,(H,26,29)/t20-,21+/m1/s1. The van der Waals surface area contributed by atoms with E-state index < -0.39 is 0 Å². The number of halogens is 1. The van der Waals surface area contributed by atoms with Crippen LogP contribution in [0.25, 0.3) is 0 Å². The van der Waals surface area contributed by atoms with Crippen LogP contribution < -0.4 is 10.2 Å². The van der Waals surface area contributed by atoms with Gasteiger partial charge in [-0.05, 0) is 87.4 Å². The molecule has 0 saturated carbocycles. The highest BCUT2D eigenvalue weighted by molar-refractivity contribution is 7.80. The molecule has 0 spiro atoms. The Kier molecular flexibility index (Phi) is 4.90. The van der Waals surface area contributed by atoms with Gasteiger partial charge in [0, 0.05) is 29.8 Å². The number of rotatable bonds is 3. The van der Waals surface area contributed by atoms with E-state index >= 15 is 0 Å². The van der Waals surface area contributed by atoms with Gasteiger partial charge in [0.2, 0.25) is 0 Å². The van der Waals surface area contributed by atoms with Crippen molar-refractivity contribution in [3.8, 4) is 0 Å². The molecule has 1 aromatic carbocycles. The largest absolute Gasteiger partial charge is 0.351 e. The molecule has 0 amide bonds. The normalized spacial score (nSPS) is 19.5. The number of anilines is 1. The third kappa shape index (κ3) is 3.65. The van der Waals surface area contributed by atoms with Crippen molar-refractivity contribution in [3.05, 3.63) is 83.7 Å². The fraction of sp³-hybridized carbons (Fsp3) is 0.304. The molecule has 1 aliphatic heterocycles. The van der Waals surface area contributed by atoms with Crippen molar-refractivity contribution in [2.45, 2.75) is 45.3 Å². The number of pyridine rings is 1. The second kappa shape index (κ2) is 7.26. The zero-order chi connectivity index (χ0) is 20.8. The first kappa shape index (κ1) is 19.6. The Balaban J connectivity index is 1.83. The number of nitrogens with zero attached hydrogens (tertiary/aromatic N) is 3. The lowest BCUT2D eigenvalue weighted by Gasteiger charge is -2.28. The average Bonchev–Trinajstić information content (AvgIpc) is 3.29. The molecule has 4 rings (SSSR count). The quantitative estimate of drug-likeness (QED) is 0.599. The molecule has 29 heavy (non-hydrogen) atoms. The number of hydrogen-bond donors (Lipinski definition) is 1. The molecule has 0 radical (unpaired) electrons. The molecule has 1 aliphatic rings. The summed E-state index contributed by atoms with van der Waals surface area (Å²) in [6.07, 6.45) is 6.06. The van der Waals surface area contributed by atoms with E-state index in [2.05, 4.69) is 59.0 Å². The van der Waals surface area contributed by atoms with Gasteiger partial charge < -0.3 is 14.8 Å². The Hall–Kier alpha value is -2.73. The van der Waals surface area contributed by atoms with Gasteiger partial charge in [0.05, 0.1) is 17.8 Å². The van der Waals surface area contributed by atoms with Gasteiger partial charge in [-0.3, -0.25) is 4.98 Å². The lowest BCUT2D eigenvalue weighted by Crippen LogP contribution is -2.29. The average molecular weight is 409 g/mol. The molecule has 2 aromatic heterocycles. The number of nitrogens with one attached hydrogen (secondary N) is 1. The minimum Gasteiger partial charge on any atom is -0.351 e. The van der Waals surface area contributed by atoms with Gasteiger partial charge in [-0.2, -0.15) is 0 Å². The number of hydrogen-bond acceptors (Lipinski definition) is 2. The first-order chi connectivity index (χ1) is 13.8. The fourth-order valence-electron chi connectivity index (χ4n) is 3.76. The molecule has 0 aliphatic carbocycles. The zero-order valence-corrected chi connectivity index (χ0v) is 17.9. The second-order valence-electron chi connectivity index (χ2n) is 8.45. The van der Waals surface area contributed by atoms with Crippen LogP contribution in [0.15, 0.2) is 61.1 Å². The molecule has 4 nitrogen and oxygen atoms in total. The Labute approximate surface area is 176 Å². The monoisotopic (exact) mass is 408 g/mol. The maximum atomic E-state index is 13.9. The van der Waals surface area contributed by atoms with Gasteiger partial charge in [0.25, 0.3) is 0 Å². The molecule has 3 aromatic rings. The predicted molar refractivity (Wildman–Crippen MR) is 118 cm³/mol. The van der Waals surface area contributed by atoms with Gasteiger partial charge in [-0.1, -0.05) is 6.07 Å². The third-order valence-electron chi connectivity index (χ3n) is 5.35. The van der Waals surface area contributed by atoms with Crippen molar-refractivity contribution >= 4 is 23.0 Å². The lowest BCUT2D eigenvalue weighted by atomic mass is 9.98. The summed E-state index contributed by atoms with van der Waals surface area (Å²) in [5.41, 5.74) is 3.49. The summed E-state index contributed by atoms with van der Waals surface area (Å²) in [7, 11) is 0. The van der Waals surface area contributed by atoms with Crippen molar-refractivity contribution in [1.29, 1.82) is 0 Å². The van der Waals surface area contributed by atoms with Gasteiger partial charge in [0.1, 0.15) is 5.82 Å². The van der Waals surface area contributed by atoms with Crippen LogP contribution in [0, 0.1) is 12.7 Å². The molecule has 2 atom stereocenters. The van der Waals surface area contributed by atoms with E-state index in [1.165, 1.54) is 6.07 Å². The summed E-state index contributed by atoms with van der Waals surface area (Å²) in [5, 5.41) is 4.05. The summed E-state index contributed by atoms with van der Waals surface area (Å²) in [4.78, 5) is 6.64. The van der Waals surface area contributed by atoms with Gasteiger partial charge in [-0.25, -0.2) is 4.39 Å². The van der Waals surface area contributed by atoms with Crippen LogP contribution in [0.1, 0.15) is 49.7 Å². The number of aryl methyl sites for hydroxylation is 1. The van der Waals surface area contributed by atoms with Crippen LogP contribution in [0.2, 0.25) is 0 Å². The van der Waals surface area contributed by atoms with Gasteiger partial charge >= 0.3 is 0 Å². The highest BCUT2D eigenvalue weighted by atomic mass is 32.1. The molecule has 1 fully saturated rings. The summed E-state index contributed by atoms with van der Waals surface area (Å²) in [6, 6.07) is 13.0. The van der Waals surface area contributed by atoms with Gasteiger partial charge in [-0.15, -0.1) is 0 Å². The molecule has 6 heteroatoms. The molecule has 1 N–H and O–H groups in total. The predicted octanol–water partition coefficient (Wildman–Crippen LogP) is 5.26. The Bertz CT molecular complexity index is 1040. The third-order valence-corrected chi connectivity index (χ3v) is 5.66. The van der Waals surface area contributed by atoms with E-state index in [1.54, 1.807) is 19.2 Å². The van der Waals surface area contributed by atoms with E-state index in [9.17, 15) is 4.39 Å². The van der Waals surface area contributed by atoms with Crippen molar-refractivity contribution in [2.24, 2.45) is 0 Å². The number of benzene rings is 1. The first-order valence-electron chi connectivity index (χ1n) is 9.71. The summed E-state index contributed by atoms with van der Waals surface area (Å²) in [6.45, 7) is 8.29. The molecular weight excluding hydrogens is 383 g/mol. The Morgan fingerprint density at radius 1 is 1.14 bits per heavy atom. The van der Waals surface area contributed by atoms with Crippen molar-refractivity contribution in [2.75, 3.05) is 4.90 Å². The minimum atomic E-state index is -0.219. The molecule has 1 saturated heterocycles. The van der Waals surface area contributed by atoms with Crippen molar-refractivity contribution < 1.29 is 4.39 Å². The molecule has 0 bridgehead atoms. The maximum absolute atomic E-state index is 13.9. The van der Waals surface area contributed by atoms with E-state index in [0.717, 1.165) is 16.9 Å². The summed E-state index contributed by atoms with van der Waals surface area (Å²) >= 11 is 5.72. The van der Waals surface area contributed by atoms with E-state index in [1.807, 2.05) is 24.3 Å².